The van der Waals surface area contributed by atoms with Crippen molar-refractivity contribution in [2.75, 3.05) is 19.3 Å². The molecule has 0 unspecified atom stereocenters. The van der Waals surface area contributed by atoms with Crippen LogP contribution in [0.3, 0.4) is 0 Å². The Morgan fingerprint density at radius 2 is 2.23 bits per heavy atom. The second kappa shape index (κ2) is 7.40. The van der Waals surface area contributed by atoms with Gasteiger partial charge < -0.3 is 9.32 Å². The standard InChI is InChI=1S/C15H16F2N2O2S/c1-3-19(2)14(20)10-6-7-11-12(9-10)21-15(18-11)22-8-4-5-13(16)17/h5-7,9H,3-4,8H2,1-2H3. The molecule has 0 aliphatic rings. The monoisotopic (exact) mass is 326 g/mol. The molecule has 2 rings (SSSR count). The lowest BCUT2D eigenvalue weighted by Crippen LogP contribution is -2.26. The van der Waals surface area contributed by atoms with Gasteiger partial charge in [-0.2, -0.15) is 8.78 Å². The van der Waals surface area contributed by atoms with Gasteiger partial charge in [0, 0.05) is 24.9 Å². The Bertz CT molecular complexity index is 696. The Hall–Kier alpha value is -1.89. The Morgan fingerprint density at radius 1 is 1.45 bits per heavy atom. The molecule has 22 heavy (non-hydrogen) atoms. The number of oxazole rings is 1. The summed E-state index contributed by atoms with van der Waals surface area (Å²) in [6.07, 6.45) is -0.564. The van der Waals surface area contributed by atoms with Crippen molar-refractivity contribution < 1.29 is 18.0 Å². The molecule has 0 aliphatic carbocycles. The molecule has 0 radical (unpaired) electrons. The number of amides is 1. The van der Waals surface area contributed by atoms with Gasteiger partial charge in [0.05, 0.1) is 0 Å². The lowest BCUT2D eigenvalue weighted by Gasteiger charge is -2.13. The molecule has 0 atom stereocenters. The highest BCUT2D eigenvalue weighted by atomic mass is 32.2. The second-order valence-corrected chi connectivity index (χ2v) is 5.66. The number of fused-ring (bicyclic) bond motifs is 1. The van der Waals surface area contributed by atoms with E-state index in [2.05, 4.69) is 4.98 Å². The predicted molar refractivity (Wildman–Crippen MR) is 82.3 cm³/mol. The van der Waals surface area contributed by atoms with Crippen molar-refractivity contribution in [2.24, 2.45) is 0 Å². The molecule has 1 aromatic carbocycles. The van der Waals surface area contributed by atoms with Gasteiger partial charge in [-0.3, -0.25) is 4.79 Å². The summed E-state index contributed by atoms with van der Waals surface area (Å²) in [5.41, 5.74) is 1.70. The van der Waals surface area contributed by atoms with Gasteiger partial charge in [-0.1, -0.05) is 11.8 Å². The molecular formula is C15H16F2N2O2S. The first-order chi connectivity index (χ1) is 10.5. The van der Waals surface area contributed by atoms with Gasteiger partial charge in [-0.05, 0) is 37.6 Å². The summed E-state index contributed by atoms with van der Waals surface area (Å²) in [6, 6.07) is 5.08. The maximum atomic E-state index is 12.1. The highest BCUT2D eigenvalue weighted by Crippen LogP contribution is 2.25. The fourth-order valence-corrected chi connectivity index (χ4v) is 2.50. The first kappa shape index (κ1) is 16.5. The smallest absolute Gasteiger partial charge is 0.266 e. The highest BCUT2D eigenvalue weighted by molar-refractivity contribution is 7.99. The second-order valence-electron chi connectivity index (χ2n) is 4.61. The normalized spacial score (nSPS) is 10.7. The lowest BCUT2D eigenvalue weighted by atomic mass is 10.2. The molecule has 0 N–H and O–H groups in total. The zero-order valence-corrected chi connectivity index (χ0v) is 13.1. The van der Waals surface area contributed by atoms with E-state index in [9.17, 15) is 13.6 Å². The number of hydrogen-bond donors (Lipinski definition) is 0. The molecule has 1 aromatic heterocycles. The Kier molecular flexibility index (Phi) is 5.54. The Balaban J connectivity index is 2.10. The minimum absolute atomic E-state index is 0.0847. The molecule has 0 fully saturated rings. The fraction of sp³-hybridized carbons (Fsp3) is 0.333. The van der Waals surface area contributed by atoms with Crippen LogP contribution in [0.2, 0.25) is 0 Å². The summed E-state index contributed by atoms with van der Waals surface area (Å²) in [5, 5.41) is 0.413. The Labute approximate surface area is 131 Å². The predicted octanol–water partition coefficient (Wildman–Crippen LogP) is 4.18. The van der Waals surface area contributed by atoms with E-state index in [-0.39, 0.29) is 12.3 Å². The number of halogens is 2. The van der Waals surface area contributed by atoms with Crippen molar-refractivity contribution >= 4 is 28.8 Å². The maximum Gasteiger partial charge on any atom is 0.266 e. The van der Waals surface area contributed by atoms with Crippen molar-refractivity contribution in [3.05, 3.63) is 35.9 Å². The van der Waals surface area contributed by atoms with Crippen molar-refractivity contribution in [2.45, 2.75) is 18.6 Å². The van der Waals surface area contributed by atoms with Crippen LogP contribution in [-0.2, 0) is 0 Å². The number of hydrogen-bond acceptors (Lipinski definition) is 4. The third-order valence-electron chi connectivity index (χ3n) is 3.08. The molecule has 118 valence electrons. The molecule has 1 amide bonds. The summed E-state index contributed by atoms with van der Waals surface area (Å²) in [4.78, 5) is 17.9. The van der Waals surface area contributed by atoms with Gasteiger partial charge >= 0.3 is 0 Å². The topological polar surface area (TPSA) is 46.3 Å². The molecule has 1 heterocycles. The zero-order valence-electron chi connectivity index (χ0n) is 12.3. The third-order valence-corrected chi connectivity index (χ3v) is 3.94. The van der Waals surface area contributed by atoms with Crippen LogP contribution in [0.4, 0.5) is 8.78 Å². The number of allylic oxidation sites excluding steroid dienone is 1. The van der Waals surface area contributed by atoms with Gasteiger partial charge in [0.2, 0.25) is 0 Å². The average molecular weight is 326 g/mol. The highest BCUT2D eigenvalue weighted by Gasteiger charge is 2.13. The van der Waals surface area contributed by atoms with Crippen LogP contribution in [0.1, 0.15) is 23.7 Å². The van der Waals surface area contributed by atoms with Crippen LogP contribution in [-0.4, -0.2) is 35.1 Å². The van der Waals surface area contributed by atoms with E-state index < -0.39 is 6.08 Å². The molecular weight excluding hydrogens is 310 g/mol. The minimum atomic E-state index is -1.68. The van der Waals surface area contributed by atoms with Gasteiger partial charge in [-0.25, -0.2) is 4.98 Å². The van der Waals surface area contributed by atoms with Crippen LogP contribution in [0.15, 0.2) is 40.0 Å². The first-order valence-electron chi connectivity index (χ1n) is 6.81. The fourth-order valence-electron chi connectivity index (χ4n) is 1.78. The van der Waals surface area contributed by atoms with Crippen molar-refractivity contribution in [1.82, 2.24) is 9.88 Å². The molecule has 0 spiro atoms. The minimum Gasteiger partial charge on any atom is -0.431 e. The summed E-state index contributed by atoms with van der Waals surface area (Å²) in [6.45, 7) is 2.52. The van der Waals surface area contributed by atoms with E-state index >= 15 is 0 Å². The van der Waals surface area contributed by atoms with E-state index in [1.54, 1.807) is 30.1 Å². The van der Waals surface area contributed by atoms with E-state index in [1.165, 1.54) is 11.8 Å². The van der Waals surface area contributed by atoms with Crippen molar-refractivity contribution in [3.63, 3.8) is 0 Å². The quantitative estimate of drug-likeness (QED) is 0.590. The molecule has 7 heteroatoms. The SMILES string of the molecule is CCN(C)C(=O)c1ccc2nc(SCCC=C(F)F)oc2c1. The number of rotatable bonds is 6. The maximum absolute atomic E-state index is 12.1. The molecule has 0 saturated carbocycles. The van der Waals surface area contributed by atoms with E-state index in [0.29, 0.717) is 34.2 Å². The average Bonchev–Trinajstić information content (AvgIpc) is 2.91. The van der Waals surface area contributed by atoms with Crippen LogP contribution in [0, 0.1) is 0 Å². The molecule has 0 saturated heterocycles. The molecule has 0 aliphatic heterocycles. The van der Waals surface area contributed by atoms with Gasteiger partial charge in [-0.15, -0.1) is 0 Å². The lowest BCUT2D eigenvalue weighted by molar-refractivity contribution is 0.0802. The first-order valence-corrected chi connectivity index (χ1v) is 7.80. The summed E-state index contributed by atoms with van der Waals surface area (Å²) >= 11 is 1.26. The number of nitrogens with zero attached hydrogens (tertiary/aromatic N) is 2. The number of benzene rings is 1. The van der Waals surface area contributed by atoms with Gasteiger partial charge in [0.1, 0.15) is 5.52 Å². The number of thioether (sulfide) groups is 1. The molecule has 4 nitrogen and oxygen atoms in total. The summed E-state index contributed by atoms with van der Waals surface area (Å²) < 4.78 is 29.4. The Morgan fingerprint density at radius 3 is 2.91 bits per heavy atom. The van der Waals surface area contributed by atoms with E-state index in [1.807, 2.05) is 6.92 Å². The van der Waals surface area contributed by atoms with Crippen LogP contribution in [0.25, 0.3) is 11.1 Å². The van der Waals surface area contributed by atoms with Gasteiger partial charge in [0.15, 0.2) is 5.58 Å². The van der Waals surface area contributed by atoms with Crippen molar-refractivity contribution in [1.29, 1.82) is 0 Å². The summed E-state index contributed by atoms with van der Waals surface area (Å²) in [5.74, 6) is 0.368. The van der Waals surface area contributed by atoms with Crippen LogP contribution < -0.4 is 0 Å². The molecule has 0 bridgehead atoms. The van der Waals surface area contributed by atoms with Gasteiger partial charge in [0.25, 0.3) is 17.2 Å². The van der Waals surface area contributed by atoms with E-state index in [4.69, 9.17) is 4.42 Å². The zero-order chi connectivity index (χ0) is 16.1. The number of aromatic nitrogens is 1. The van der Waals surface area contributed by atoms with E-state index in [0.717, 1.165) is 6.08 Å². The molecule has 2 aromatic rings. The number of carbonyl (C=O) groups is 1. The number of carbonyl (C=O) groups excluding carboxylic acids is 1. The third kappa shape index (κ3) is 4.07. The van der Waals surface area contributed by atoms with Crippen LogP contribution >= 0.6 is 11.8 Å². The van der Waals surface area contributed by atoms with Crippen LogP contribution in [0.5, 0.6) is 0 Å². The van der Waals surface area contributed by atoms with Crippen molar-refractivity contribution in [3.8, 4) is 0 Å². The summed E-state index contributed by atoms with van der Waals surface area (Å²) in [7, 11) is 1.73. The largest absolute Gasteiger partial charge is 0.431 e.